The Hall–Kier alpha value is -2.74. The van der Waals surface area contributed by atoms with Crippen LogP contribution in [0.5, 0.6) is 5.75 Å². The van der Waals surface area contributed by atoms with E-state index < -0.39 is 41.2 Å². The summed E-state index contributed by atoms with van der Waals surface area (Å²) in [5, 5.41) is 11.9. The molecular weight excluding hydrogens is 375 g/mol. The first kappa shape index (κ1) is 19.6. The number of rotatable bonds is 4. The molecule has 0 fully saturated rings. The number of halogens is 4. The Morgan fingerprint density at radius 2 is 1.85 bits per heavy atom. The van der Waals surface area contributed by atoms with E-state index in [4.69, 9.17) is 16.3 Å². The van der Waals surface area contributed by atoms with Crippen molar-refractivity contribution in [1.29, 1.82) is 0 Å². The molecule has 0 aliphatic carbocycles. The van der Waals surface area contributed by atoms with Crippen molar-refractivity contribution >= 4 is 29.2 Å². The van der Waals surface area contributed by atoms with Gasteiger partial charge < -0.3 is 15.2 Å². The number of carbonyl (C=O) groups is 2. The quantitative estimate of drug-likeness (QED) is 0.769. The van der Waals surface area contributed by atoms with E-state index in [1.54, 1.807) is 0 Å². The highest BCUT2D eigenvalue weighted by atomic mass is 35.5. The summed E-state index contributed by atoms with van der Waals surface area (Å²) >= 11 is 5.72. The zero-order valence-corrected chi connectivity index (χ0v) is 14.1. The van der Waals surface area contributed by atoms with Gasteiger partial charge in [0.1, 0.15) is 11.3 Å². The number of benzene rings is 2. The number of alkyl halides is 3. The molecule has 0 bridgehead atoms. The van der Waals surface area contributed by atoms with Gasteiger partial charge >= 0.3 is 12.1 Å². The van der Waals surface area contributed by atoms with Gasteiger partial charge in [0.2, 0.25) is 0 Å². The molecule has 2 N–H and O–H groups in total. The van der Waals surface area contributed by atoms with Crippen molar-refractivity contribution in [2.24, 2.45) is 0 Å². The van der Waals surface area contributed by atoms with Crippen molar-refractivity contribution in [2.75, 3.05) is 5.32 Å². The van der Waals surface area contributed by atoms with Gasteiger partial charge in [-0.2, -0.15) is 13.2 Å². The second-order valence-corrected chi connectivity index (χ2v) is 5.68. The van der Waals surface area contributed by atoms with Crippen LogP contribution in [-0.4, -0.2) is 23.1 Å². The second-order valence-electron chi connectivity index (χ2n) is 5.24. The van der Waals surface area contributed by atoms with Gasteiger partial charge in [0.05, 0.1) is 11.3 Å². The molecule has 138 valence electrons. The maximum atomic E-state index is 12.9. The van der Waals surface area contributed by atoms with Crippen molar-refractivity contribution in [3.63, 3.8) is 0 Å². The number of esters is 1. The molecule has 0 spiro atoms. The van der Waals surface area contributed by atoms with Crippen molar-refractivity contribution in [1.82, 2.24) is 0 Å². The maximum Gasteiger partial charge on any atom is 0.418 e. The molecule has 0 heterocycles. The Balaban J connectivity index is 2.11. The fourth-order valence-electron chi connectivity index (χ4n) is 2.02. The lowest BCUT2D eigenvalue weighted by Crippen LogP contribution is -2.30. The summed E-state index contributed by atoms with van der Waals surface area (Å²) in [6, 6.07) is 8.06. The Morgan fingerprint density at radius 1 is 1.19 bits per heavy atom. The van der Waals surface area contributed by atoms with Crippen molar-refractivity contribution < 1.29 is 32.6 Å². The molecule has 0 aromatic heterocycles. The highest BCUT2D eigenvalue weighted by molar-refractivity contribution is 6.31. The predicted octanol–water partition coefficient (Wildman–Crippen LogP) is 4.25. The van der Waals surface area contributed by atoms with Crippen molar-refractivity contribution in [3.05, 3.63) is 58.6 Å². The number of aromatic hydroxyl groups is 1. The minimum absolute atomic E-state index is 0.158. The van der Waals surface area contributed by atoms with Gasteiger partial charge in [0.15, 0.2) is 6.10 Å². The highest BCUT2D eigenvalue weighted by Crippen LogP contribution is 2.34. The summed E-state index contributed by atoms with van der Waals surface area (Å²) in [6.45, 7) is 1.19. The molecule has 2 aromatic carbocycles. The Morgan fingerprint density at radius 3 is 2.50 bits per heavy atom. The normalized spacial score (nSPS) is 12.3. The largest absolute Gasteiger partial charge is 0.507 e. The van der Waals surface area contributed by atoms with Gasteiger partial charge in [-0.25, -0.2) is 4.79 Å². The monoisotopic (exact) mass is 387 g/mol. The second kappa shape index (κ2) is 7.65. The zero-order chi connectivity index (χ0) is 19.5. The summed E-state index contributed by atoms with van der Waals surface area (Å²) in [6.07, 6.45) is -6.07. The summed E-state index contributed by atoms with van der Waals surface area (Å²) in [4.78, 5) is 24.1. The molecule has 1 unspecified atom stereocenters. The number of phenolic OH excluding ortho intramolecular Hbond substituents is 1. The highest BCUT2D eigenvalue weighted by Gasteiger charge is 2.34. The molecule has 0 radical (unpaired) electrons. The van der Waals surface area contributed by atoms with E-state index in [9.17, 15) is 27.9 Å². The molecule has 0 saturated carbocycles. The summed E-state index contributed by atoms with van der Waals surface area (Å²) in [7, 11) is 0. The number of phenols is 1. The topological polar surface area (TPSA) is 75.6 Å². The van der Waals surface area contributed by atoms with Crippen LogP contribution >= 0.6 is 11.6 Å². The smallest absolute Gasteiger partial charge is 0.418 e. The van der Waals surface area contributed by atoms with E-state index >= 15 is 0 Å². The minimum atomic E-state index is -4.66. The molecule has 2 rings (SSSR count). The third kappa shape index (κ3) is 4.66. The van der Waals surface area contributed by atoms with Gasteiger partial charge in [-0.3, -0.25) is 4.79 Å². The fraction of sp³-hybridized carbons (Fsp3) is 0.176. The Bertz CT molecular complexity index is 839. The van der Waals surface area contributed by atoms with Crippen molar-refractivity contribution in [2.45, 2.75) is 19.2 Å². The lowest BCUT2D eigenvalue weighted by molar-refractivity contribution is -0.137. The van der Waals surface area contributed by atoms with Crippen LogP contribution in [0.15, 0.2) is 42.5 Å². The number of anilines is 1. The van der Waals surface area contributed by atoms with E-state index in [0.29, 0.717) is 0 Å². The molecule has 26 heavy (non-hydrogen) atoms. The van der Waals surface area contributed by atoms with E-state index in [-0.39, 0.29) is 10.6 Å². The van der Waals surface area contributed by atoms with Gasteiger partial charge in [-0.1, -0.05) is 23.7 Å². The van der Waals surface area contributed by atoms with E-state index in [0.717, 1.165) is 18.2 Å². The van der Waals surface area contributed by atoms with E-state index in [2.05, 4.69) is 5.32 Å². The molecule has 9 heteroatoms. The maximum absolute atomic E-state index is 12.9. The molecule has 1 amide bonds. The molecule has 1 atom stereocenters. The number of carbonyl (C=O) groups excluding carboxylic acids is 2. The van der Waals surface area contributed by atoms with Crippen molar-refractivity contribution in [3.8, 4) is 5.75 Å². The average Bonchev–Trinajstić information content (AvgIpc) is 2.56. The van der Waals surface area contributed by atoms with Crippen LogP contribution in [0.1, 0.15) is 22.8 Å². The average molecular weight is 388 g/mol. The van der Waals surface area contributed by atoms with Gasteiger partial charge in [0, 0.05) is 5.02 Å². The van der Waals surface area contributed by atoms with Crippen LogP contribution < -0.4 is 5.32 Å². The SMILES string of the molecule is CC(OC(=O)c1cc(Cl)ccc1O)C(=O)Nc1ccccc1C(F)(F)F. The minimum Gasteiger partial charge on any atom is -0.507 e. The number of hydrogen-bond acceptors (Lipinski definition) is 4. The van der Waals surface area contributed by atoms with E-state index in [1.807, 2.05) is 0 Å². The number of ether oxygens (including phenoxy) is 1. The van der Waals surface area contributed by atoms with Crippen LogP contribution in [-0.2, 0) is 15.7 Å². The number of amides is 1. The number of nitrogens with one attached hydrogen (secondary N) is 1. The molecule has 0 saturated heterocycles. The Kier molecular flexibility index (Phi) is 5.76. The van der Waals surface area contributed by atoms with Gasteiger partial charge in [-0.05, 0) is 37.3 Å². The van der Waals surface area contributed by atoms with Crippen LogP contribution in [0.25, 0.3) is 0 Å². The lowest BCUT2D eigenvalue weighted by Gasteiger charge is -2.17. The molecular formula is C17H13ClF3NO4. The summed E-state index contributed by atoms with van der Waals surface area (Å²) in [5.41, 5.74) is -1.76. The lowest BCUT2D eigenvalue weighted by atomic mass is 10.1. The molecule has 2 aromatic rings. The van der Waals surface area contributed by atoms with Crippen LogP contribution in [0, 0.1) is 0 Å². The third-order valence-corrected chi connectivity index (χ3v) is 3.56. The molecule has 0 aliphatic heterocycles. The fourth-order valence-corrected chi connectivity index (χ4v) is 2.20. The number of para-hydroxylation sites is 1. The zero-order valence-electron chi connectivity index (χ0n) is 13.3. The van der Waals surface area contributed by atoms with Crippen LogP contribution in [0.3, 0.4) is 0 Å². The van der Waals surface area contributed by atoms with Gasteiger partial charge in [-0.15, -0.1) is 0 Å². The first-order valence-corrected chi connectivity index (χ1v) is 7.64. The first-order chi connectivity index (χ1) is 12.1. The van der Waals surface area contributed by atoms with Gasteiger partial charge in [0.25, 0.3) is 5.91 Å². The summed E-state index contributed by atoms with van der Waals surface area (Å²) in [5.74, 6) is -2.41. The number of hydrogen-bond donors (Lipinski definition) is 2. The summed E-state index contributed by atoms with van der Waals surface area (Å²) < 4.78 is 43.7. The Labute approximate surface area is 151 Å². The van der Waals surface area contributed by atoms with E-state index in [1.165, 1.54) is 31.2 Å². The standard InChI is InChI=1S/C17H13ClF3NO4/c1-9(26-16(25)11-8-10(18)6-7-14(11)23)15(24)22-13-5-3-2-4-12(13)17(19,20)21/h2-9,23H,1H3,(H,22,24). The van der Waals surface area contributed by atoms with Crippen LogP contribution in [0.4, 0.5) is 18.9 Å². The predicted molar refractivity (Wildman–Crippen MR) is 88.1 cm³/mol. The first-order valence-electron chi connectivity index (χ1n) is 7.26. The third-order valence-electron chi connectivity index (χ3n) is 3.32. The van der Waals surface area contributed by atoms with Crippen LogP contribution in [0.2, 0.25) is 5.02 Å². The molecule has 0 aliphatic rings. The molecule has 5 nitrogen and oxygen atoms in total.